The summed E-state index contributed by atoms with van der Waals surface area (Å²) in [5.41, 5.74) is 19.9. The Labute approximate surface area is 569 Å². The van der Waals surface area contributed by atoms with Gasteiger partial charge in [-0.2, -0.15) is 7.82 Å². The second kappa shape index (κ2) is 32.2. The number of aryl methyl sites for hydroxylation is 12. The molecule has 0 aliphatic carbocycles. The number of rotatable bonds is 15. The van der Waals surface area contributed by atoms with E-state index in [0.29, 0.717) is 0 Å². The van der Waals surface area contributed by atoms with Crippen molar-refractivity contribution in [3.63, 3.8) is 0 Å². The standard InChI is InChI=1S/3C29H30P.H3O4P/c3*1-22-5-13-26(14-6-22)21-30(27-15-7-23(2)8-16-27,28-17-9-24(3)10-18-28)29-19-11-25(4)12-20-29;1-5(2,3)4/h3*5-20H,21H2,1-4H3;(H3,1,2,3,4)/q3*+1;/p-3. The van der Waals surface area contributed by atoms with Crippen molar-refractivity contribution >= 4 is 77.4 Å². The molecular weight excluding hydrogens is 1230 g/mol. The maximum atomic E-state index is 8.55. The number of hydrogen-bond donors (Lipinski definition) is 0. The third-order valence-corrected chi connectivity index (χ3v) is 31.0. The Morgan fingerprint density at radius 2 is 0.274 bits per heavy atom. The summed E-state index contributed by atoms with van der Waals surface area (Å²) in [5, 5.41) is 13.0. The van der Waals surface area contributed by atoms with E-state index in [1.165, 1.54) is 131 Å². The van der Waals surface area contributed by atoms with Gasteiger partial charge in [0.15, 0.2) is 0 Å². The van der Waals surface area contributed by atoms with E-state index in [-0.39, 0.29) is 0 Å². The summed E-state index contributed by atoms with van der Waals surface area (Å²) in [7, 11) is -10.9. The van der Waals surface area contributed by atoms with Gasteiger partial charge in [-0.05, 0) is 209 Å². The third-order valence-electron chi connectivity index (χ3n) is 17.9. The van der Waals surface area contributed by atoms with Crippen molar-refractivity contribution in [2.45, 2.75) is 102 Å². The van der Waals surface area contributed by atoms with Gasteiger partial charge in [0.25, 0.3) is 0 Å². The van der Waals surface area contributed by atoms with Crippen LogP contribution in [0.15, 0.2) is 291 Å². The van der Waals surface area contributed by atoms with E-state index in [9.17, 15) is 0 Å². The summed E-state index contributed by atoms with van der Waals surface area (Å²) in [6, 6.07) is 110. The van der Waals surface area contributed by atoms with E-state index in [1.54, 1.807) is 0 Å². The average molecular weight is 1320 g/mol. The first-order chi connectivity index (χ1) is 45.4. The Bertz CT molecular complexity index is 3620. The SMILES string of the molecule is Cc1ccc(C[P+](c2ccc(C)cc2)(c2ccc(C)cc2)c2ccc(C)cc2)cc1.Cc1ccc(C[P+](c2ccc(C)cc2)(c2ccc(C)cc2)c2ccc(C)cc2)cc1.Cc1ccc(C[P+](c2ccc(C)cc2)(c2ccc(C)cc2)c2ccc(C)cc2)cc1.O=P([O-])([O-])[O-]. The van der Waals surface area contributed by atoms with Gasteiger partial charge in [-0.25, -0.2) is 0 Å². The fraction of sp³-hybridized carbons (Fsp3) is 0.172. The Morgan fingerprint density at radius 3 is 0.368 bits per heavy atom. The lowest BCUT2D eigenvalue weighted by Gasteiger charge is -2.36. The molecule has 12 aromatic carbocycles. The van der Waals surface area contributed by atoms with Gasteiger partial charge in [-0.3, -0.25) is 0 Å². The first-order valence-electron chi connectivity index (χ1n) is 32.6. The molecule has 95 heavy (non-hydrogen) atoms. The molecule has 0 radical (unpaired) electrons. The minimum absolute atomic E-state index is 1.03. The molecular formula is C87H90O4P4. The minimum Gasteiger partial charge on any atom is -0.822 e. The fourth-order valence-corrected chi connectivity index (χ4v) is 24.8. The maximum absolute atomic E-state index is 8.55. The summed E-state index contributed by atoms with van der Waals surface area (Å²) < 4.78 is 8.55. The van der Waals surface area contributed by atoms with Gasteiger partial charge in [0, 0.05) is 0 Å². The number of hydrogen-bond acceptors (Lipinski definition) is 4. The van der Waals surface area contributed by atoms with Crippen molar-refractivity contribution in [1.82, 2.24) is 0 Å². The first kappa shape index (κ1) is 71.3. The van der Waals surface area contributed by atoms with Gasteiger partial charge in [0.2, 0.25) is 0 Å². The molecule has 0 spiro atoms. The molecule has 0 aromatic heterocycles. The van der Waals surface area contributed by atoms with E-state index in [4.69, 9.17) is 19.2 Å². The van der Waals surface area contributed by atoms with E-state index in [2.05, 4.69) is 374 Å². The molecule has 8 heteroatoms. The molecule has 0 saturated carbocycles. The van der Waals surface area contributed by atoms with Crippen molar-refractivity contribution in [3.05, 3.63) is 375 Å². The van der Waals surface area contributed by atoms with Crippen LogP contribution < -0.4 is 62.4 Å². The zero-order chi connectivity index (χ0) is 67.9. The normalized spacial score (nSPS) is 11.5. The maximum Gasteiger partial charge on any atom is 0.116 e. The largest absolute Gasteiger partial charge is 0.822 e. The van der Waals surface area contributed by atoms with E-state index in [1.807, 2.05) is 0 Å². The smallest absolute Gasteiger partial charge is 0.116 e. The van der Waals surface area contributed by atoms with Gasteiger partial charge in [-0.1, -0.05) is 249 Å². The number of benzene rings is 12. The van der Waals surface area contributed by atoms with E-state index < -0.39 is 29.6 Å². The van der Waals surface area contributed by atoms with Gasteiger partial charge in [0.05, 0.1) is 18.5 Å². The van der Waals surface area contributed by atoms with Crippen LogP contribution >= 0.6 is 29.6 Å². The second-order valence-electron chi connectivity index (χ2n) is 25.8. The molecule has 0 amide bonds. The molecule has 0 aliphatic heterocycles. The highest BCUT2D eigenvalue weighted by Crippen LogP contribution is 2.61. The first-order valence-corrected chi connectivity index (χ1v) is 40.0. The van der Waals surface area contributed by atoms with Crippen LogP contribution in [0.2, 0.25) is 0 Å². The summed E-state index contributed by atoms with van der Waals surface area (Å²) in [5.74, 6) is 0. The molecule has 0 N–H and O–H groups in total. The predicted molar refractivity (Wildman–Crippen MR) is 410 cm³/mol. The molecule has 0 saturated heterocycles. The van der Waals surface area contributed by atoms with Gasteiger partial charge >= 0.3 is 0 Å². The van der Waals surface area contributed by atoms with Crippen LogP contribution in [-0.2, 0) is 23.1 Å². The highest BCUT2D eigenvalue weighted by atomic mass is 31.2. The predicted octanol–water partition coefficient (Wildman–Crippen LogP) is 16.4. The minimum atomic E-state index is -5.39. The average Bonchev–Trinajstić information content (AvgIpc) is 0.766. The highest BCUT2D eigenvalue weighted by molar-refractivity contribution is 7.96. The molecule has 12 rings (SSSR count). The van der Waals surface area contributed by atoms with Gasteiger partial charge < -0.3 is 19.2 Å². The molecule has 0 bridgehead atoms. The zero-order valence-electron chi connectivity index (χ0n) is 57.3. The van der Waals surface area contributed by atoms with Crippen molar-refractivity contribution < 1.29 is 19.2 Å². The molecule has 0 fully saturated rings. The van der Waals surface area contributed by atoms with Crippen LogP contribution in [0.4, 0.5) is 0 Å². The Balaban J connectivity index is 0.000000161. The van der Waals surface area contributed by atoms with Crippen LogP contribution in [0, 0.1) is 83.1 Å². The molecule has 0 aliphatic rings. The lowest BCUT2D eigenvalue weighted by atomic mass is 10.2. The van der Waals surface area contributed by atoms with Crippen molar-refractivity contribution in [3.8, 4) is 0 Å². The molecule has 482 valence electrons. The van der Waals surface area contributed by atoms with Crippen molar-refractivity contribution in [1.29, 1.82) is 0 Å². The lowest BCUT2D eigenvalue weighted by Crippen LogP contribution is -2.32. The fourth-order valence-electron chi connectivity index (χ4n) is 12.3. The summed E-state index contributed by atoms with van der Waals surface area (Å²) in [4.78, 5) is 25.6. The summed E-state index contributed by atoms with van der Waals surface area (Å²) in [6.45, 7) is 26.0. The van der Waals surface area contributed by atoms with Crippen LogP contribution in [0.25, 0.3) is 0 Å². The molecule has 0 atom stereocenters. The lowest BCUT2D eigenvalue weighted by molar-refractivity contribution is -0.432. The third kappa shape index (κ3) is 18.5. The summed E-state index contributed by atoms with van der Waals surface area (Å²) >= 11 is 0. The van der Waals surface area contributed by atoms with E-state index in [0.717, 1.165) is 18.5 Å². The van der Waals surface area contributed by atoms with Crippen LogP contribution in [0.5, 0.6) is 0 Å². The molecule has 0 unspecified atom stereocenters. The Morgan fingerprint density at radius 1 is 0.189 bits per heavy atom. The zero-order valence-corrected chi connectivity index (χ0v) is 60.8. The summed E-state index contributed by atoms with van der Waals surface area (Å²) in [6.07, 6.45) is 3.09. The van der Waals surface area contributed by atoms with Crippen LogP contribution in [0.1, 0.15) is 83.5 Å². The van der Waals surface area contributed by atoms with Gasteiger partial charge in [0.1, 0.15) is 69.5 Å². The van der Waals surface area contributed by atoms with Crippen LogP contribution in [0.3, 0.4) is 0 Å². The van der Waals surface area contributed by atoms with Crippen LogP contribution in [-0.4, -0.2) is 0 Å². The van der Waals surface area contributed by atoms with E-state index >= 15 is 0 Å². The van der Waals surface area contributed by atoms with Crippen molar-refractivity contribution in [2.24, 2.45) is 0 Å². The Hall–Kier alpha value is -7.96. The topological polar surface area (TPSA) is 86.2 Å². The second-order valence-corrected chi connectivity index (χ2v) is 37.2. The molecule has 4 nitrogen and oxygen atoms in total. The monoisotopic (exact) mass is 1320 g/mol. The van der Waals surface area contributed by atoms with Crippen molar-refractivity contribution in [2.75, 3.05) is 0 Å². The molecule has 12 aromatic rings. The number of phosphoric acid groups is 1. The van der Waals surface area contributed by atoms with Gasteiger partial charge in [-0.15, -0.1) is 0 Å². The highest BCUT2D eigenvalue weighted by Gasteiger charge is 2.48. The molecule has 0 heterocycles. The quantitative estimate of drug-likeness (QED) is 0.0957. The Kier molecular flexibility index (Phi) is 24.2.